The smallest absolute Gasteiger partial charge is 0.165 e. The molecule has 4 nitrogen and oxygen atoms in total. The molecule has 0 spiro atoms. The van der Waals surface area contributed by atoms with E-state index >= 15 is 0 Å². The van der Waals surface area contributed by atoms with Crippen molar-refractivity contribution in [3.63, 3.8) is 0 Å². The van der Waals surface area contributed by atoms with E-state index in [9.17, 15) is 4.79 Å². The first kappa shape index (κ1) is 7.65. The molecule has 1 rings (SSSR count). The Bertz CT molecular complexity index is 118. The molecule has 0 amide bonds. The normalized spacial score (nSPS) is 32.5. The van der Waals surface area contributed by atoms with Crippen molar-refractivity contribution in [2.45, 2.75) is 12.3 Å². The zero-order valence-corrected chi connectivity index (χ0v) is 5.87. The molecule has 0 aromatic carbocycles. The monoisotopic (exact) mass is 145 g/mol. The fourth-order valence-electron chi connectivity index (χ4n) is 0.915. The maximum Gasteiger partial charge on any atom is 0.165 e. The summed E-state index contributed by atoms with van der Waals surface area (Å²) >= 11 is 0. The third-order valence-electron chi connectivity index (χ3n) is 1.36. The molecule has 58 valence electrons. The van der Waals surface area contributed by atoms with Gasteiger partial charge in [0.25, 0.3) is 0 Å². The molecule has 1 aliphatic rings. The van der Waals surface area contributed by atoms with Crippen molar-refractivity contribution in [1.29, 1.82) is 0 Å². The highest BCUT2D eigenvalue weighted by atomic mass is 16.6. The lowest BCUT2D eigenvalue weighted by Crippen LogP contribution is -2.23. The quantitative estimate of drug-likeness (QED) is 0.525. The average molecular weight is 145 g/mol. The number of carbonyl (C=O) groups excluding carboxylic acids is 1. The second kappa shape index (κ2) is 3.65. The molecular weight excluding hydrogens is 134 g/mol. The molecule has 2 atom stereocenters. The van der Waals surface area contributed by atoms with E-state index in [0.717, 1.165) is 6.29 Å². The van der Waals surface area contributed by atoms with Gasteiger partial charge in [0.2, 0.25) is 0 Å². The van der Waals surface area contributed by atoms with Gasteiger partial charge in [-0.1, -0.05) is 0 Å². The predicted molar refractivity (Wildman–Crippen MR) is 34.6 cm³/mol. The summed E-state index contributed by atoms with van der Waals surface area (Å²) in [4.78, 5) is 10.1. The zero-order chi connectivity index (χ0) is 7.40. The zero-order valence-electron chi connectivity index (χ0n) is 5.87. The molecule has 0 aromatic rings. The molecular formula is C6H11NO3. The van der Waals surface area contributed by atoms with E-state index in [2.05, 4.69) is 5.32 Å². The van der Waals surface area contributed by atoms with E-state index in [1.165, 1.54) is 0 Å². The van der Waals surface area contributed by atoms with Crippen molar-refractivity contribution in [1.82, 2.24) is 5.32 Å². The number of carbonyl (C=O) groups is 1. The van der Waals surface area contributed by atoms with Crippen LogP contribution in [0.15, 0.2) is 0 Å². The third kappa shape index (κ3) is 1.76. The Balaban J connectivity index is 2.21. The summed E-state index contributed by atoms with van der Waals surface area (Å²) in [6.45, 7) is 1.23. The van der Waals surface area contributed by atoms with Crippen molar-refractivity contribution in [2.24, 2.45) is 0 Å². The number of nitrogens with one attached hydrogen (secondary N) is 1. The Morgan fingerprint density at radius 3 is 3.20 bits per heavy atom. The fourth-order valence-corrected chi connectivity index (χ4v) is 0.915. The van der Waals surface area contributed by atoms with Crippen LogP contribution >= 0.6 is 0 Å². The van der Waals surface area contributed by atoms with Crippen LogP contribution in [0, 0.1) is 0 Å². The topological polar surface area (TPSA) is 47.6 Å². The van der Waals surface area contributed by atoms with Crippen LogP contribution in [-0.4, -0.2) is 38.9 Å². The maximum absolute atomic E-state index is 10.1. The molecule has 1 saturated heterocycles. The summed E-state index contributed by atoms with van der Waals surface area (Å²) < 4.78 is 9.98. The van der Waals surface area contributed by atoms with Crippen LogP contribution in [-0.2, 0) is 14.3 Å². The minimum Gasteiger partial charge on any atom is -0.382 e. The predicted octanol–water partition coefficient (Wildman–Crippen LogP) is -0.854. The number of rotatable bonds is 3. The van der Waals surface area contributed by atoms with Crippen LogP contribution in [0.3, 0.4) is 0 Å². The standard InChI is InChI=1S/C6H11NO3/c1-9-4-5-2-7-6(3-8)10-5/h3,5-7H,2,4H2,1H3/t5-,6?/m1/s1. The molecule has 4 heteroatoms. The highest BCUT2D eigenvalue weighted by Crippen LogP contribution is 2.02. The van der Waals surface area contributed by atoms with Gasteiger partial charge in [0, 0.05) is 13.7 Å². The van der Waals surface area contributed by atoms with Crippen molar-refractivity contribution < 1.29 is 14.3 Å². The van der Waals surface area contributed by atoms with Gasteiger partial charge in [-0.25, -0.2) is 0 Å². The van der Waals surface area contributed by atoms with Crippen LogP contribution in [0.2, 0.25) is 0 Å². The lowest BCUT2D eigenvalue weighted by atomic mass is 10.4. The van der Waals surface area contributed by atoms with Crippen LogP contribution in [0.25, 0.3) is 0 Å². The summed E-state index contributed by atoms with van der Waals surface area (Å²) in [5.74, 6) is 0. The summed E-state index contributed by atoms with van der Waals surface area (Å²) in [5.41, 5.74) is 0. The summed E-state index contributed by atoms with van der Waals surface area (Å²) in [6, 6.07) is 0. The first-order chi connectivity index (χ1) is 4.86. The minimum atomic E-state index is -0.430. The van der Waals surface area contributed by atoms with E-state index < -0.39 is 6.23 Å². The number of ether oxygens (including phenoxy) is 2. The van der Waals surface area contributed by atoms with Gasteiger partial charge in [-0.05, 0) is 0 Å². The van der Waals surface area contributed by atoms with Crippen LogP contribution in [0.4, 0.5) is 0 Å². The second-order valence-corrected chi connectivity index (χ2v) is 2.18. The third-order valence-corrected chi connectivity index (χ3v) is 1.36. The van der Waals surface area contributed by atoms with Gasteiger partial charge in [0.1, 0.15) is 0 Å². The Kier molecular flexibility index (Phi) is 2.80. The second-order valence-electron chi connectivity index (χ2n) is 2.18. The molecule has 1 fully saturated rings. The number of hydrogen-bond donors (Lipinski definition) is 1. The minimum absolute atomic E-state index is 0.0280. The van der Waals surface area contributed by atoms with Gasteiger partial charge in [0.15, 0.2) is 12.5 Å². The van der Waals surface area contributed by atoms with Crippen LogP contribution in [0.5, 0.6) is 0 Å². The van der Waals surface area contributed by atoms with Gasteiger partial charge in [-0.2, -0.15) is 0 Å². The van der Waals surface area contributed by atoms with Gasteiger partial charge in [0.05, 0.1) is 12.7 Å². The molecule has 0 saturated carbocycles. The average Bonchev–Trinajstić information content (AvgIpc) is 2.37. The first-order valence-electron chi connectivity index (χ1n) is 3.20. The number of methoxy groups -OCH3 is 1. The van der Waals surface area contributed by atoms with Crippen LogP contribution in [0.1, 0.15) is 0 Å². The maximum atomic E-state index is 10.1. The summed E-state index contributed by atoms with van der Waals surface area (Å²) in [5, 5.41) is 2.87. The largest absolute Gasteiger partial charge is 0.382 e. The highest BCUT2D eigenvalue weighted by molar-refractivity contribution is 5.55. The van der Waals surface area contributed by atoms with E-state index in [4.69, 9.17) is 9.47 Å². The van der Waals surface area contributed by atoms with Crippen molar-refractivity contribution >= 4 is 6.29 Å². The van der Waals surface area contributed by atoms with Gasteiger partial charge in [-0.3, -0.25) is 10.1 Å². The SMILES string of the molecule is COC[C@H]1CNC(C=O)O1. The summed E-state index contributed by atoms with van der Waals surface area (Å²) in [7, 11) is 1.61. The molecule has 0 bridgehead atoms. The highest BCUT2D eigenvalue weighted by Gasteiger charge is 2.23. The molecule has 10 heavy (non-hydrogen) atoms. The molecule has 1 unspecified atom stereocenters. The summed E-state index contributed by atoms with van der Waals surface area (Å²) in [6.07, 6.45) is 0.343. The van der Waals surface area contributed by atoms with E-state index in [1.54, 1.807) is 7.11 Å². The molecule has 1 aliphatic heterocycles. The lowest BCUT2D eigenvalue weighted by Gasteiger charge is -2.05. The van der Waals surface area contributed by atoms with E-state index in [1.807, 2.05) is 0 Å². The fraction of sp³-hybridized carbons (Fsp3) is 0.833. The van der Waals surface area contributed by atoms with Crippen molar-refractivity contribution in [2.75, 3.05) is 20.3 Å². The van der Waals surface area contributed by atoms with E-state index in [0.29, 0.717) is 13.2 Å². The molecule has 1 heterocycles. The molecule has 0 aliphatic carbocycles. The Morgan fingerprint density at radius 1 is 1.90 bits per heavy atom. The lowest BCUT2D eigenvalue weighted by molar-refractivity contribution is -0.119. The van der Waals surface area contributed by atoms with E-state index in [-0.39, 0.29) is 6.10 Å². The Labute approximate surface area is 59.5 Å². The molecule has 0 aromatic heterocycles. The van der Waals surface area contributed by atoms with Gasteiger partial charge >= 0.3 is 0 Å². The number of aldehydes is 1. The molecule has 0 radical (unpaired) electrons. The number of hydrogen-bond acceptors (Lipinski definition) is 4. The Hall–Kier alpha value is -0.450. The first-order valence-corrected chi connectivity index (χ1v) is 3.20. The van der Waals surface area contributed by atoms with Crippen molar-refractivity contribution in [3.8, 4) is 0 Å². The Morgan fingerprint density at radius 2 is 2.70 bits per heavy atom. The molecule has 1 N–H and O–H groups in total. The van der Waals surface area contributed by atoms with Gasteiger partial charge < -0.3 is 9.47 Å². The van der Waals surface area contributed by atoms with Gasteiger partial charge in [-0.15, -0.1) is 0 Å². The van der Waals surface area contributed by atoms with Crippen LogP contribution < -0.4 is 5.32 Å². The van der Waals surface area contributed by atoms with Crippen molar-refractivity contribution in [3.05, 3.63) is 0 Å².